The van der Waals surface area contributed by atoms with Gasteiger partial charge < -0.3 is 15.1 Å². The van der Waals surface area contributed by atoms with Crippen molar-refractivity contribution in [2.45, 2.75) is 13.8 Å². The molecule has 4 nitrogen and oxygen atoms in total. The lowest BCUT2D eigenvalue weighted by Crippen LogP contribution is -3.14. The molecule has 0 aromatic heterocycles. The minimum atomic E-state index is -0.106. The first-order valence-corrected chi connectivity index (χ1v) is 9.21. The summed E-state index contributed by atoms with van der Waals surface area (Å²) >= 11 is 6.49. The van der Waals surface area contributed by atoms with E-state index in [4.69, 9.17) is 11.6 Å². The minimum absolute atomic E-state index is 0.106. The van der Waals surface area contributed by atoms with Crippen LogP contribution in [-0.4, -0.2) is 38.6 Å². The average Bonchev–Trinajstić information content (AvgIpc) is 2.62. The molecule has 0 atom stereocenters. The number of benzene rings is 2. The van der Waals surface area contributed by atoms with Crippen molar-refractivity contribution in [3.8, 4) is 0 Å². The molecule has 1 amide bonds. The monoisotopic (exact) mass is 358 g/mol. The van der Waals surface area contributed by atoms with Crippen LogP contribution in [0.1, 0.15) is 22.8 Å². The summed E-state index contributed by atoms with van der Waals surface area (Å²) in [5.41, 5.74) is 3.43. The van der Waals surface area contributed by atoms with Crippen LogP contribution in [0.2, 0.25) is 5.02 Å². The molecule has 2 N–H and O–H groups in total. The van der Waals surface area contributed by atoms with Crippen LogP contribution in [-0.2, 0) is 0 Å². The van der Waals surface area contributed by atoms with Gasteiger partial charge in [-0.25, -0.2) is 0 Å². The topological polar surface area (TPSA) is 36.8 Å². The van der Waals surface area contributed by atoms with E-state index in [0.29, 0.717) is 10.6 Å². The van der Waals surface area contributed by atoms with Crippen LogP contribution >= 0.6 is 11.6 Å². The van der Waals surface area contributed by atoms with Gasteiger partial charge in [-0.15, -0.1) is 0 Å². The number of amides is 1. The number of hydrogen-bond acceptors (Lipinski definition) is 2. The zero-order valence-electron chi connectivity index (χ0n) is 14.8. The van der Waals surface area contributed by atoms with Crippen molar-refractivity contribution in [1.82, 2.24) is 0 Å². The van der Waals surface area contributed by atoms with Crippen LogP contribution in [0, 0.1) is 6.92 Å². The van der Waals surface area contributed by atoms with Gasteiger partial charge in [-0.2, -0.15) is 0 Å². The Kier molecular flexibility index (Phi) is 5.61. The molecule has 0 unspecified atom stereocenters. The molecule has 5 heteroatoms. The number of para-hydroxylation sites is 1. The number of carbonyl (C=O) groups is 1. The van der Waals surface area contributed by atoms with Gasteiger partial charge in [0.25, 0.3) is 5.91 Å². The van der Waals surface area contributed by atoms with E-state index in [0.717, 1.165) is 49.7 Å². The van der Waals surface area contributed by atoms with Gasteiger partial charge in [-0.1, -0.05) is 35.4 Å². The highest BCUT2D eigenvalue weighted by Gasteiger charge is 2.23. The highest BCUT2D eigenvalue weighted by molar-refractivity contribution is 6.34. The summed E-state index contributed by atoms with van der Waals surface area (Å²) in [4.78, 5) is 16.5. The largest absolute Gasteiger partial charge is 0.357 e. The van der Waals surface area contributed by atoms with Crippen LogP contribution in [0.3, 0.4) is 0 Å². The van der Waals surface area contributed by atoms with E-state index in [1.165, 1.54) is 0 Å². The Balaban J connectivity index is 1.82. The fourth-order valence-electron chi connectivity index (χ4n) is 3.32. The molecule has 1 heterocycles. The molecule has 1 fully saturated rings. The van der Waals surface area contributed by atoms with E-state index in [9.17, 15) is 4.79 Å². The summed E-state index contributed by atoms with van der Waals surface area (Å²) in [6, 6.07) is 13.3. The first-order valence-electron chi connectivity index (χ1n) is 8.83. The van der Waals surface area contributed by atoms with Gasteiger partial charge in [0, 0.05) is 5.56 Å². The SMILES string of the molecule is CC[NH+]1CCN(c2c(Cl)cccc2NC(=O)c2cccc(C)c2)CC1. The fraction of sp³-hybridized carbons (Fsp3) is 0.350. The molecular formula is C20H25ClN3O+. The van der Waals surface area contributed by atoms with Gasteiger partial charge in [0.2, 0.25) is 0 Å². The van der Waals surface area contributed by atoms with Gasteiger partial charge in [0.15, 0.2) is 0 Å². The number of quaternary nitrogens is 1. The smallest absolute Gasteiger partial charge is 0.255 e. The summed E-state index contributed by atoms with van der Waals surface area (Å²) in [7, 11) is 0. The average molecular weight is 359 g/mol. The number of aryl methyl sites for hydroxylation is 1. The van der Waals surface area contributed by atoms with Crippen LogP contribution in [0.15, 0.2) is 42.5 Å². The summed E-state index contributed by atoms with van der Waals surface area (Å²) in [6.45, 7) is 9.42. The molecule has 1 saturated heterocycles. The number of anilines is 2. The third-order valence-corrected chi connectivity index (χ3v) is 5.11. The van der Waals surface area contributed by atoms with Crippen molar-refractivity contribution >= 4 is 28.9 Å². The van der Waals surface area contributed by atoms with E-state index in [1.54, 1.807) is 4.90 Å². The first kappa shape index (κ1) is 17.8. The van der Waals surface area contributed by atoms with Crippen molar-refractivity contribution < 1.29 is 9.69 Å². The number of halogens is 1. The van der Waals surface area contributed by atoms with E-state index < -0.39 is 0 Å². The first-order chi connectivity index (χ1) is 12.1. The second-order valence-corrected chi connectivity index (χ2v) is 6.96. The van der Waals surface area contributed by atoms with Crippen molar-refractivity contribution in [2.24, 2.45) is 0 Å². The lowest BCUT2D eigenvalue weighted by Gasteiger charge is -2.34. The normalized spacial score (nSPS) is 15.2. The highest BCUT2D eigenvalue weighted by atomic mass is 35.5. The van der Waals surface area contributed by atoms with Crippen LogP contribution < -0.4 is 15.1 Å². The molecule has 0 bridgehead atoms. The number of rotatable bonds is 4. The second-order valence-electron chi connectivity index (χ2n) is 6.55. The van der Waals surface area contributed by atoms with Gasteiger partial charge in [0.1, 0.15) is 0 Å². The molecule has 0 saturated carbocycles. The van der Waals surface area contributed by atoms with Crippen LogP contribution in [0.4, 0.5) is 11.4 Å². The Morgan fingerprint density at radius 3 is 2.60 bits per heavy atom. The molecule has 3 rings (SSSR count). The van der Waals surface area contributed by atoms with E-state index in [2.05, 4.69) is 17.1 Å². The molecule has 1 aliphatic heterocycles. The number of nitrogens with zero attached hydrogens (tertiary/aromatic N) is 1. The Hall–Kier alpha value is -2.04. The van der Waals surface area contributed by atoms with Crippen molar-refractivity contribution in [3.63, 3.8) is 0 Å². The Morgan fingerprint density at radius 2 is 1.92 bits per heavy atom. The Morgan fingerprint density at radius 1 is 1.20 bits per heavy atom. The van der Waals surface area contributed by atoms with Crippen LogP contribution in [0.5, 0.6) is 0 Å². The number of hydrogen-bond donors (Lipinski definition) is 2. The van der Waals surface area contributed by atoms with Gasteiger partial charge in [0.05, 0.1) is 49.1 Å². The molecule has 0 radical (unpaired) electrons. The maximum absolute atomic E-state index is 12.6. The quantitative estimate of drug-likeness (QED) is 0.881. The molecule has 0 spiro atoms. The van der Waals surface area contributed by atoms with Crippen molar-refractivity contribution in [1.29, 1.82) is 0 Å². The van der Waals surface area contributed by atoms with E-state index in [1.807, 2.05) is 49.4 Å². The predicted octanol–water partition coefficient (Wildman–Crippen LogP) is 2.63. The molecular weight excluding hydrogens is 334 g/mol. The van der Waals surface area contributed by atoms with E-state index in [-0.39, 0.29) is 5.91 Å². The summed E-state index contributed by atoms with van der Waals surface area (Å²) < 4.78 is 0. The standard InChI is InChI=1S/C20H24ClN3O/c1-3-23-10-12-24(13-11-23)19-17(21)8-5-9-18(19)22-20(25)16-7-4-6-15(2)14-16/h4-9,14H,3,10-13H2,1-2H3,(H,22,25)/p+1. The molecule has 0 aliphatic carbocycles. The minimum Gasteiger partial charge on any atom is -0.357 e. The maximum atomic E-state index is 12.6. The predicted molar refractivity (Wildman–Crippen MR) is 104 cm³/mol. The summed E-state index contributed by atoms with van der Waals surface area (Å²) in [6.07, 6.45) is 0. The number of likely N-dealkylation sites (N-methyl/N-ethyl adjacent to an activating group) is 1. The number of carbonyl (C=O) groups excluding carboxylic acids is 1. The van der Waals surface area contributed by atoms with Gasteiger partial charge in [-0.05, 0) is 38.1 Å². The van der Waals surface area contributed by atoms with E-state index >= 15 is 0 Å². The molecule has 2 aromatic rings. The summed E-state index contributed by atoms with van der Waals surface area (Å²) in [5, 5.41) is 3.73. The zero-order chi connectivity index (χ0) is 17.8. The number of piperazine rings is 1. The van der Waals surface area contributed by atoms with Crippen molar-refractivity contribution in [2.75, 3.05) is 42.9 Å². The molecule has 132 valence electrons. The lowest BCUT2D eigenvalue weighted by atomic mass is 10.1. The second kappa shape index (κ2) is 7.89. The van der Waals surface area contributed by atoms with Crippen LogP contribution in [0.25, 0.3) is 0 Å². The molecule has 2 aromatic carbocycles. The molecule has 25 heavy (non-hydrogen) atoms. The third kappa shape index (κ3) is 4.14. The van der Waals surface area contributed by atoms with Crippen molar-refractivity contribution in [3.05, 3.63) is 58.6 Å². The highest BCUT2D eigenvalue weighted by Crippen LogP contribution is 2.34. The Bertz CT molecular complexity index is 754. The molecule has 1 aliphatic rings. The summed E-state index contributed by atoms with van der Waals surface area (Å²) in [5.74, 6) is -0.106. The fourth-order valence-corrected chi connectivity index (χ4v) is 3.61. The van der Waals surface area contributed by atoms with Gasteiger partial charge >= 0.3 is 0 Å². The number of nitrogens with one attached hydrogen (secondary N) is 2. The Labute approximate surface area is 154 Å². The zero-order valence-corrected chi connectivity index (χ0v) is 15.6. The third-order valence-electron chi connectivity index (χ3n) is 4.80. The maximum Gasteiger partial charge on any atom is 0.255 e. The van der Waals surface area contributed by atoms with Gasteiger partial charge in [-0.3, -0.25) is 4.79 Å². The lowest BCUT2D eigenvalue weighted by molar-refractivity contribution is -0.898.